The summed E-state index contributed by atoms with van der Waals surface area (Å²) >= 11 is 0. The van der Waals surface area contributed by atoms with Gasteiger partial charge in [0, 0.05) is 0 Å². The maximum Gasteiger partial charge on any atom is 0.405 e. The quantitative estimate of drug-likeness (QED) is 0.110. The second-order valence-corrected chi connectivity index (χ2v) is 11.9. The van der Waals surface area contributed by atoms with Crippen LogP contribution in [0.3, 0.4) is 0 Å². The van der Waals surface area contributed by atoms with E-state index >= 15 is 0 Å². The highest BCUT2D eigenvalue weighted by atomic mass is 32.3. The fourth-order valence-electron chi connectivity index (χ4n) is 5.59. The molecule has 3 unspecified atom stereocenters. The highest BCUT2D eigenvalue weighted by Crippen LogP contribution is 2.53. The van der Waals surface area contributed by atoms with E-state index in [0.717, 1.165) is 0 Å². The van der Waals surface area contributed by atoms with Gasteiger partial charge in [-0.15, -0.1) is 0 Å². The van der Waals surface area contributed by atoms with Crippen molar-refractivity contribution in [3.05, 3.63) is 0 Å². The Labute approximate surface area is 244 Å². The van der Waals surface area contributed by atoms with E-state index in [0.29, 0.717) is 0 Å². The molecule has 0 saturated carbocycles. The maximum atomic E-state index is 12.2. The molecule has 252 valence electrons. The number of rotatable bonds is 9. The first kappa shape index (κ1) is 35.1. The summed E-state index contributed by atoms with van der Waals surface area (Å²) in [6.07, 6.45) is -17.1. The number of hydrogen-bond donors (Lipinski definition) is 12. The molecule has 0 aromatic rings. The van der Waals surface area contributed by atoms with Crippen LogP contribution >= 0.6 is 0 Å². The molecule has 0 bridgehead atoms. The van der Waals surface area contributed by atoms with Crippen molar-refractivity contribution in [1.29, 1.82) is 0 Å². The van der Waals surface area contributed by atoms with Crippen molar-refractivity contribution in [2.75, 3.05) is 19.8 Å². The second-order valence-electron chi connectivity index (χ2n) is 10.7. The highest BCUT2D eigenvalue weighted by Gasteiger charge is 2.82. The van der Waals surface area contributed by atoms with Crippen molar-refractivity contribution >= 4 is 10.4 Å². The van der Waals surface area contributed by atoms with Gasteiger partial charge in [0.2, 0.25) is 0 Å². The maximum absolute atomic E-state index is 12.2. The summed E-state index contributed by atoms with van der Waals surface area (Å²) < 4.78 is 61.2. The van der Waals surface area contributed by atoms with Crippen molar-refractivity contribution in [3.63, 3.8) is 0 Å². The number of fused-ring (bicyclic) bond motifs is 1. The molecule has 4 rings (SSSR count). The Kier molecular flexibility index (Phi) is 10.1. The monoisotopic (exact) mass is 653 g/mol. The third-order valence-corrected chi connectivity index (χ3v) is 9.05. The third kappa shape index (κ3) is 5.51. The van der Waals surface area contributed by atoms with Crippen LogP contribution in [0.1, 0.15) is 13.3 Å². The van der Waals surface area contributed by atoms with Crippen molar-refractivity contribution in [2.24, 2.45) is 17.2 Å². The summed E-state index contributed by atoms with van der Waals surface area (Å²) in [7, 11) is -5.19. The average molecular weight is 654 g/mol. The molecule has 0 amide bonds. The lowest BCUT2D eigenvalue weighted by Gasteiger charge is -2.56. The first-order valence-electron chi connectivity index (χ1n) is 13.2. The van der Waals surface area contributed by atoms with E-state index in [1.54, 1.807) is 0 Å². The Hall–Kier alpha value is -0.810. The molecule has 4 aliphatic rings. The molecule has 21 nitrogen and oxygen atoms in total. The lowest BCUT2D eigenvalue weighted by molar-refractivity contribution is -0.462. The van der Waals surface area contributed by atoms with Crippen LogP contribution in [0, 0.1) is 0 Å². The smallest absolute Gasteiger partial charge is 0.394 e. The van der Waals surface area contributed by atoms with E-state index in [-0.39, 0.29) is 6.42 Å². The molecule has 4 saturated heterocycles. The summed E-state index contributed by atoms with van der Waals surface area (Å²) in [5.74, 6) is -6.94. The zero-order valence-corrected chi connectivity index (χ0v) is 23.5. The summed E-state index contributed by atoms with van der Waals surface area (Å²) in [5.41, 5.74) is 14.9. The number of nitrogens with two attached hydrogens (primary N) is 3. The Bertz CT molecular complexity index is 1090. The van der Waals surface area contributed by atoms with Gasteiger partial charge in [-0.25, -0.2) is 8.37 Å². The number of hydrogen-bond acceptors (Lipinski definition) is 21. The average Bonchev–Trinajstić information content (AvgIpc) is 3.17. The zero-order valence-electron chi connectivity index (χ0n) is 22.7. The molecule has 15 N–H and O–H groups in total. The van der Waals surface area contributed by atoms with Crippen molar-refractivity contribution in [1.82, 2.24) is 0 Å². The number of aliphatic hydroxyl groups is 9. The van der Waals surface area contributed by atoms with Gasteiger partial charge in [0.25, 0.3) is 11.6 Å². The van der Waals surface area contributed by atoms with E-state index in [2.05, 4.69) is 8.37 Å². The molecular formula is C21H39N3O18S. The van der Waals surface area contributed by atoms with Gasteiger partial charge in [-0.2, -0.15) is 8.42 Å². The SMILES string of the molecule is CCC(O)[C@@]1(CO)O[C@H](OC2[C@@H](CO)O[C@@H](OC3[C@@H](CO)O[C@@H](O)[C@H](N)[C@H]3O)[C@H](N)[C@H]2O)[C@@H](N)[C@@]2(O)OS(=O)(=O)O[C@@]12O. The molecule has 0 aromatic heterocycles. The van der Waals surface area contributed by atoms with Crippen molar-refractivity contribution in [3.8, 4) is 0 Å². The lowest BCUT2D eigenvalue weighted by atomic mass is 9.76. The van der Waals surface area contributed by atoms with Gasteiger partial charge in [0.1, 0.15) is 42.7 Å². The molecule has 4 heterocycles. The predicted molar refractivity (Wildman–Crippen MR) is 131 cm³/mol. The minimum atomic E-state index is -5.19. The van der Waals surface area contributed by atoms with Crippen LogP contribution in [-0.4, -0.2) is 171 Å². The van der Waals surface area contributed by atoms with E-state index in [9.17, 15) is 54.4 Å². The zero-order chi connectivity index (χ0) is 32.3. The molecule has 16 atom stereocenters. The number of aliphatic hydroxyl groups excluding tert-OH is 7. The molecule has 0 aromatic carbocycles. The van der Waals surface area contributed by atoms with Crippen LogP contribution in [0.25, 0.3) is 0 Å². The van der Waals surface area contributed by atoms with Crippen LogP contribution in [0.4, 0.5) is 0 Å². The molecular weight excluding hydrogens is 614 g/mol. The second kappa shape index (κ2) is 12.4. The van der Waals surface area contributed by atoms with Gasteiger partial charge in [0.05, 0.1) is 38.0 Å². The van der Waals surface area contributed by atoms with Crippen LogP contribution in [0.15, 0.2) is 0 Å². The summed E-state index contributed by atoms with van der Waals surface area (Å²) in [6, 6.07) is -5.12. The predicted octanol–water partition coefficient (Wildman–Crippen LogP) is -8.59. The fourth-order valence-corrected chi connectivity index (χ4v) is 6.72. The topological polar surface area (TPSA) is 359 Å². The van der Waals surface area contributed by atoms with Gasteiger partial charge in [-0.3, -0.25) is 0 Å². The normalized spacial score (nSPS) is 52.5. The third-order valence-electron chi connectivity index (χ3n) is 8.15. The fraction of sp³-hybridized carbons (Fsp3) is 1.00. The standard InChI is InChI=1S/C21H39N3O18S/c1-2-8(28)19(5-27)21(33)20(32,41-43(34,35)42-21)15(24)18(40-19)39-14-7(4-26)37-17(10(23)12(14)30)38-13-6(3-25)36-16(31)9(22)11(13)29/h6-18,25-33H,2-5,22-24H2,1H3/t6-,7-,8?,9-,10-,11-,12-,13?,14?,15-,16-,17+,18+,19-,20-,21+/m1/s1. The molecule has 22 heteroatoms. The molecule has 0 aliphatic carbocycles. The van der Waals surface area contributed by atoms with Gasteiger partial charge in [0.15, 0.2) is 24.5 Å². The molecule has 4 aliphatic heterocycles. The van der Waals surface area contributed by atoms with Crippen LogP contribution in [-0.2, 0) is 42.4 Å². The summed E-state index contributed by atoms with van der Waals surface area (Å²) in [4.78, 5) is 0. The van der Waals surface area contributed by atoms with Crippen molar-refractivity contribution < 1.29 is 86.4 Å². The first-order chi connectivity index (χ1) is 20.0. The van der Waals surface area contributed by atoms with Gasteiger partial charge >= 0.3 is 10.4 Å². The minimum Gasteiger partial charge on any atom is -0.394 e. The van der Waals surface area contributed by atoms with Gasteiger partial charge in [-0.05, 0) is 6.42 Å². The molecule has 43 heavy (non-hydrogen) atoms. The molecule has 4 fully saturated rings. The van der Waals surface area contributed by atoms with Crippen molar-refractivity contribution in [2.45, 2.75) is 110 Å². The Morgan fingerprint density at radius 2 is 1.40 bits per heavy atom. The highest BCUT2D eigenvalue weighted by molar-refractivity contribution is 7.82. The summed E-state index contributed by atoms with van der Waals surface area (Å²) in [6.45, 7) is -1.68. The Morgan fingerprint density at radius 3 is 1.93 bits per heavy atom. The first-order valence-corrected chi connectivity index (χ1v) is 14.5. The van der Waals surface area contributed by atoms with E-state index < -0.39 is 127 Å². The Balaban J connectivity index is 1.61. The summed E-state index contributed by atoms with van der Waals surface area (Å²) in [5, 5.41) is 94.4. The lowest BCUT2D eigenvalue weighted by Crippen LogP contribution is -2.83. The van der Waals surface area contributed by atoms with E-state index in [4.69, 9.17) is 40.9 Å². The van der Waals surface area contributed by atoms with Crippen LogP contribution in [0.2, 0.25) is 0 Å². The minimum absolute atomic E-state index is 0.311. The van der Waals surface area contributed by atoms with Crippen LogP contribution < -0.4 is 17.2 Å². The van der Waals surface area contributed by atoms with Gasteiger partial charge in [-0.1, -0.05) is 6.92 Å². The molecule has 0 spiro atoms. The number of ether oxygens (including phenoxy) is 5. The van der Waals surface area contributed by atoms with Crippen LogP contribution in [0.5, 0.6) is 0 Å². The molecule has 0 radical (unpaired) electrons. The largest absolute Gasteiger partial charge is 0.405 e. The Morgan fingerprint density at radius 1 is 0.860 bits per heavy atom. The van der Waals surface area contributed by atoms with E-state index in [1.165, 1.54) is 6.92 Å². The van der Waals surface area contributed by atoms with Gasteiger partial charge < -0.3 is 86.8 Å². The van der Waals surface area contributed by atoms with E-state index in [1.807, 2.05) is 0 Å².